The maximum Gasteiger partial charge on any atom is -0.0177 e. The van der Waals surface area contributed by atoms with Crippen LogP contribution in [0.25, 0.3) is 0 Å². The van der Waals surface area contributed by atoms with Crippen molar-refractivity contribution in [2.45, 2.75) is 128 Å². The fraction of sp³-hybridized carbons (Fsp3) is 1.00. The van der Waals surface area contributed by atoms with E-state index in [-0.39, 0.29) is 0 Å². The first-order chi connectivity index (χ1) is 14.1. The summed E-state index contributed by atoms with van der Waals surface area (Å²) in [7, 11) is 1.31. The van der Waals surface area contributed by atoms with Crippen molar-refractivity contribution >= 4 is 8.58 Å². The first-order valence-corrected chi connectivity index (χ1v) is 15.0. The van der Waals surface area contributed by atoms with Crippen LogP contribution in [-0.2, 0) is 0 Å². The third kappa shape index (κ3) is 3.40. The number of rotatable bonds is 8. The summed E-state index contributed by atoms with van der Waals surface area (Å²) in [6.07, 6.45) is 25.6. The summed E-state index contributed by atoms with van der Waals surface area (Å²) in [6.45, 7) is 5.00. The van der Waals surface area contributed by atoms with E-state index in [0.29, 0.717) is 0 Å². The van der Waals surface area contributed by atoms with E-state index in [1.807, 2.05) is 0 Å². The average Bonchev–Trinajstić information content (AvgIpc) is 2.65. The van der Waals surface area contributed by atoms with Crippen molar-refractivity contribution in [2.75, 3.05) is 0 Å². The fourth-order valence-corrected chi connectivity index (χ4v) is 14.0. The summed E-state index contributed by atoms with van der Waals surface area (Å²) < 4.78 is 0. The van der Waals surface area contributed by atoms with Gasteiger partial charge < -0.3 is 0 Å². The SMILES string of the molecule is CCCC(PC(CCC)C12CC3CC(CC(C3)C1)C2)C12CC3CC(CC(C3)C1)C2. The zero-order valence-electron chi connectivity index (χ0n) is 19.4. The van der Waals surface area contributed by atoms with Gasteiger partial charge in [0.1, 0.15) is 0 Å². The highest BCUT2D eigenvalue weighted by atomic mass is 31.1. The van der Waals surface area contributed by atoms with Gasteiger partial charge in [0.05, 0.1) is 0 Å². The summed E-state index contributed by atoms with van der Waals surface area (Å²) in [4.78, 5) is 0. The van der Waals surface area contributed by atoms with Gasteiger partial charge >= 0.3 is 0 Å². The first kappa shape index (κ1) is 20.1. The largest absolute Gasteiger partial charge is 0.115 e. The molecule has 0 amide bonds. The van der Waals surface area contributed by atoms with Gasteiger partial charge in [0.25, 0.3) is 0 Å². The molecule has 2 unspecified atom stereocenters. The lowest BCUT2D eigenvalue weighted by atomic mass is 9.48. The standard InChI is InChI=1S/C28H47P/c1-3-5-25(27-13-19-7-20(14-27)9-21(8-19)15-27)29-26(6-4-2)28-16-22-10-23(17-28)12-24(11-22)18-28/h19-26,29H,3-18H2,1-2H3. The lowest BCUT2D eigenvalue weighted by molar-refractivity contribution is -0.0607. The molecule has 8 fully saturated rings. The third-order valence-electron chi connectivity index (χ3n) is 11.2. The molecule has 0 spiro atoms. The van der Waals surface area contributed by atoms with Crippen LogP contribution in [0.2, 0.25) is 0 Å². The molecule has 8 bridgehead atoms. The summed E-state index contributed by atoms with van der Waals surface area (Å²) in [5, 5.41) is 0. The van der Waals surface area contributed by atoms with Crippen molar-refractivity contribution in [1.82, 2.24) is 0 Å². The van der Waals surface area contributed by atoms with Gasteiger partial charge in [0.15, 0.2) is 0 Å². The lowest BCUT2D eigenvalue weighted by Crippen LogP contribution is -2.53. The van der Waals surface area contributed by atoms with E-state index >= 15 is 0 Å². The molecule has 0 aromatic heterocycles. The second kappa shape index (κ2) is 7.49. The molecule has 8 saturated carbocycles. The topological polar surface area (TPSA) is 0 Å². The van der Waals surface area contributed by atoms with E-state index in [0.717, 1.165) is 57.7 Å². The van der Waals surface area contributed by atoms with Gasteiger partial charge in [-0.25, -0.2) is 0 Å². The predicted molar refractivity (Wildman–Crippen MR) is 127 cm³/mol. The summed E-state index contributed by atoms with van der Waals surface area (Å²) >= 11 is 0. The Labute approximate surface area is 182 Å². The van der Waals surface area contributed by atoms with Gasteiger partial charge in [-0.15, -0.1) is 8.58 Å². The average molecular weight is 415 g/mol. The van der Waals surface area contributed by atoms with Crippen molar-refractivity contribution in [3.8, 4) is 0 Å². The Morgan fingerprint density at radius 2 is 0.828 bits per heavy atom. The molecule has 0 aromatic carbocycles. The molecule has 0 saturated heterocycles. The fourth-order valence-electron chi connectivity index (χ4n) is 11.2. The Morgan fingerprint density at radius 1 is 0.552 bits per heavy atom. The quantitative estimate of drug-likeness (QED) is 0.350. The molecule has 0 radical (unpaired) electrons. The third-order valence-corrected chi connectivity index (χ3v) is 13.8. The molecular formula is C28H47P. The van der Waals surface area contributed by atoms with Gasteiger partial charge in [-0.3, -0.25) is 0 Å². The Hall–Kier alpha value is 0.430. The minimum Gasteiger partial charge on any atom is -0.115 e. The van der Waals surface area contributed by atoms with Gasteiger partial charge in [-0.2, -0.15) is 0 Å². The molecule has 29 heavy (non-hydrogen) atoms. The highest BCUT2D eigenvalue weighted by Crippen LogP contribution is 2.69. The van der Waals surface area contributed by atoms with Gasteiger partial charge in [0.2, 0.25) is 0 Å². The van der Waals surface area contributed by atoms with Crippen LogP contribution in [0.5, 0.6) is 0 Å². The predicted octanol–water partition coefficient (Wildman–Crippen LogP) is 8.44. The minimum atomic E-state index is 0.803. The Morgan fingerprint density at radius 3 is 1.07 bits per heavy atom. The maximum atomic E-state index is 2.50. The molecular weight excluding hydrogens is 367 g/mol. The summed E-state index contributed by atoms with van der Waals surface area (Å²) in [5.41, 5.74) is 3.81. The van der Waals surface area contributed by atoms with Crippen LogP contribution >= 0.6 is 8.58 Å². The molecule has 164 valence electrons. The summed E-state index contributed by atoms with van der Waals surface area (Å²) in [6, 6.07) is 0. The van der Waals surface area contributed by atoms with Crippen LogP contribution in [0.1, 0.15) is 117 Å². The molecule has 8 aliphatic rings. The normalized spacial score (nSPS) is 51.9. The number of hydrogen-bond donors (Lipinski definition) is 0. The van der Waals surface area contributed by atoms with Crippen molar-refractivity contribution in [3.05, 3.63) is 0 Å². The van der Waals surface area contributed by atoms with E-state index in [1.54, 1.807) is 89.9 Å². The minimum absolute atomic E-state index is 0.803. The van der Waals surface area contributed by atoms with Crippen LogP contribution in [0.4, 0.5) is 0 Å². The van der Waals surface area contributed by atoms with Crippen molar-refractivity contribution in [2.24, 2.45) is 46.3 Å². The molecule has 0 aromatic rings. The second-order valence-corrected chi connectivity index (χ2v) is 15.1. The number of hydrogen-bond acceptors (Lipinski definition) is 0. The summed E-state index contributed by atoms with van der Waals surface area (Å²) in [5.74, 6) is 6.80. The molecule has 0 heterocycles. The molecule has 1 heteroatoms. The van der Waals surface area contributed by atoms with E-state index in [2.05, 4.69) is 13.8 Å². The Kier molecular flexibility index (Phi) is 5.18. The molecule has 0 aliphatic heterocycles. The van der Waals surface area contributed by atoms with Crippen molar-refractivity contribution < 1.29 is 0 Å². The molecule has 2 atom stereocenters. The first-order valence-electron chi connectivity index (χ1n) is 13.9. The molecule has 8 rings (SSSR count). The van der Waals surface area contributed by atoms with E-state index in [1.165, 1.54) is 21.4 Å². The molecule has 8 aliphatic carbocycles. The van der Waals surface area contributed by atoms with Gasteiger partial charge in [0, 0.05) is 0 Å². The zero-order valence-corrected chi connectivity index (χ0v) is 20.4. The molecule has 0 nitrogen and oxygen atoms in total. The molecule has 0 N–H and O–H groups in total. The van der Waals surface area contributed by atoms with Gasteiger partial charge in [-0.1, -0.05) is 26.7 Å². The van der Waals surface area contributed by atoms with E-state index in [9.17, 15) is 0 Å². The highest BCUT2D eigenvalue weighted by Gasteiger charge is 2.57. The smallest absolute Gasteiger partial charge is 0.0177 e. The van der Waals surface area contributed by atoms with Crippen LogP contribution in [0.15, 0.2) is 0 Å². The van der Waals surface area contributed by atoms with Crippen LogP contribution in [0, 0.1) is 46.3 Å². The second-order valence-electron chi connectivity index (χ2n) is 13.4. The van der Waals surface area contributed by atoms with Gasteiger partial charge in [-0.05, 0) is 148 Å². The van der Waals surface area contributed by atoms with Crippen LogP contribution in [-0.4, -0.2) is 11.3 Å². The Bertz CT molecular complexity index is 483. The monoisotopic (exact) mass is 414 g/mol. The lowest BCUT2D eigenvalue weighted by Gasteiger charge is -2.62. The zero-order chi connectivity index (χ0) is 19.6. The van der Waals surface area contributed by atoms with Crippen LogP contribution < -0.4 is 0 Å². The van der Waals surface area contributed by atoms with E-state index in [4.69, 9.17) is 0 Å². The van der Waals surface area contributed by atoms with Crippen LogP contribution in [0.3, 0.4) is 0 Å². The Balaban J connectivity index is 1.27. The van der Waals surface area contributed by atoms with Crippen molar-refractivity contribution in [1.29, 1.82) is 0 Å². The van der Waals surface area contributed by atoms with Crippen molar-refractivity contribution in [3.63, 3.8) is 0 Å². The highest BCUT2D eigenvalue weighted by molar-refractivity contribution is 7.40. The maximum absolute atomic E-state index is 2.50. The van der Waals surface area contributed by atoms with E-state index < -0.39 is 0 Å².